The van der Waals surface area contributed by atoms with Crippen molar-refractivity contribution in [3.8, 4) is 0 Å². The topological polar surface area (TPSA) is 112 Å². The number of nitrogens with zero attached hydrogens (tertiary/aromatic N) is 2. The van der Waals surface area contributed by atoms with E-state index in [1.54, 1.807) is 12.1 Å². The van der Waals surface area contributed by atoms with Crippen LogP contribution in [-0.4, -0.2) is 21.6 Å². The van der Waals surface area contributed by atoms with Crippen molar-refractivity contribution in [1.82, 2.24) is 0 Å². The lowest BCUT2D eigenvalue weighted by molar-refractivity contribution is -0.415. The van der Waals surface area contributed by atoms with Crippen LogP contribution in [0, 0.1) is 15.5 Å². The van der Waals surface area contributed by atoms with Gasteiger partial charge in [-0.25, -0.2) is 0 Å². The van der Waals surface area contributed by atoms with Gasteiger partial charge in [-0.2, -0.15) is 0 Å². The Kier molecular flexibility index (Phi) is 4.91. The van der Waals surface area contributed by atoms with Crippen LogP contribution in [0.4, 0.5) is 5.69 Å². The van der Waals surface area contributed by atoms with E-state index in [4.69, 9.17) is 22.2 Å². The molecular weight excluding hydrogens is 346 g/mol. The summed E-state index contributed by atoms with van der Waals surface area (Å²) in [5.74, 6) is 0. The summed E-state index contributed by atoms with van der Waals surface area (Å²) in [6.45, 7) is 0. The van der Waals surface area contributed by atoms with Gasteiger partial charge in [-0.3, -0.25) is 15.5 Å². The number of halogens is 1. The highest BCUT2D eigenvalue weighted by Crippen LogP contribution is 2.22. The summed E-state index contributed by atoms with van der Waals surface area (Å²) >= 11 is 6.05. The Balaban J connectivity index is 2.53. The molecule has 2 atom stereocenters. The fourth-order valence-electron chi connectivity index (χ4n) is 1.83. The lowest BCUT2D eigenvalue weighted by Crippen LogP contribution is -2.26. The largest absolute Gasteiger partial charge is 0.410 e. The zero-order valence-corrected chi connectivity index (χ0v) is 14.1. The van der Waals surface area contributed by atoms with E-state index in [0.29, 0.717) is 10.7 Å². The van der Waals surface area contributed by atoms with E-state index < -0.39 is 16.3 Å². The molecule has 0 bridgehead atoms. The van der Waals surface area contributed by atoms with Gasteiger partial charge in [0, 0.05) is 10.7 Å². The van der Waals surface area contributed by atoms with Crippen LogP contribution in [0.25, 0.3) is 0 Å². The number of nitrogens with one attached hydrogen (secondary N) is 2. The average Bonchev–Trinajstić information content (AvgIpc) is 2.45. The van der Waals surface area contributed by atoms with Crippen molar-refractivity contribution in [3.63, 3.8) is 0 Å². The van der Waals surface area contributed by atoms with E-state index in [9.17, 15) is 10.1 Å². The average molecular weight is 357 g/mol. The molecule has 114 valence electrons. The second kappa shape index (κ2) is 6.53. The highest BCUT2D eigenvalue weighted by Gasteiger charge is 2.31. The van der Waals surface area contributed by atoms with Gasteiger partial charge in [0.25, 0.3) is 0 Å². The molecule has 7 nitrogen and oxygen atoms in total. The maximum Gasteiger partial charge on any atom is 0.323 e. The van der Waals surface area contributed by atoms with Gasteiger partial charge < -0.3 is 10.5 Å². The van der Waals surface area contributed by atoms with Crippen LogP contribution in [0.15, 0.2) is 40.8 Å². The van der Waals surface area contributed by atoms with E-state index in [-0.39, 0.29) is 11.4 Å². The van der Waals surface area contributed by atoms with Crippen LogP contribution in [0.1, 0.15) is 0 Å². The number of benzene rings is 1. The number of hydrogen-bond donors (Lipinski definition) is 3. The summed E-state index contributed by atoms with van der Waals surface area (Å²) in [7, 11) is 4.98. The van der Waals surface area contributed by atoms with Crippen molar-refractivity contribution < 1.29 is 10.1 Å². The molecule has 1 aromatic carbocycles. The molecule has 1 aromatic rings. The normalized spacial score (nSPS) is 16.3. The summed E-state index contributed by atoms with van der Waals surface area (Å²) in [6.07, 6.45) is 2.68. The Hall–Kier alpha value is -1.81. The predicted molar refractivity (Wildman–Crippen MR) is 93.9 cm³/mol. The molecule has 0 aliphatic heterocycles. The molecule has 0 radical (unpaired) electrons. The number of oxime groups is 1. The van der Waals surface area contributed by atoms with Crippen molar-refractivity contribution in [3.05, 3.63) is 50.8 Å². The second-order valence-electron chi connectivity index (χ2n) is 4.30. The van der Waals surface area contributed by atoms with Gasteiger partial charge in [-0.15, -0.1) is 18.5 Å². The summed E-state index contributed by atoms with van der Waals surface area (Å²) in [5, 5.41) is 35.5. The fourth-order valence-corrected chi connectivity index (χ4v) is 2.78. The third-order valence-electron chi connectivity index (χ3n) is 2.87. The minimum absolute atomic E-state index is 0.102. The lowest BCUT2D eigenvalue weighted by Gasteiger charge is -2.15. The van der Waals surface area contributed by atoms with Crippen molar-refractivity contribution in [2.75, 3.05) is 5.32 Å². The molecule has 2 unspecified atom stereocenters. The fraction of sp³-hybridized carbons (Fsp3) is 0. The van der Waals surface area contributed by atoms with Crippen molar-refractivity contribution >= 4 is 57.8 Å². The van der Waals surface area contributed by atoms with Crippen molar-refractivity contribution in [2.45, 2.75) is 0 Å². The minimum atomic E-state index is -0.705. The van der Waals surface area contributed by atoms with Crippen LogP contribution < -0.4 is 15.9 Å². The molecule has 3 N–H and O–H groups in total. The minimum Gasteiger partial charge on any atom is -0.410 e. The third-order valence-corrected chi connectivity index (χ3v) is 4.34. The predicted octanol–water partition coefficient (Wildman–Crippen LogP) is 1.66. The number of anilines is 1. The Bertz CT molecular complexity index is 774. The lowest BCUT2D eigenvalue weighted by atomic mass is 10.0. The molecule has 0 spiro atoms. The van der Waals surface area contributed by atoms with Gasteiger partial charge in [-0.1, -0.05) is 16.8 Å². The van der Waals surface area contributed by atoms with Crippen LogP contribution >= 0.6 is 30.1 Å². The maximum atomic E-state index is 11.2. The Morgan fingerprint density at radius 1 is 1.32 bits per heavy atom. The first kappa shape index (κ1) is 16.6. The van der Waals surface area contributed by atoms with Crippen LogP contribution in [-0.2, 0) is 0 Å². The van der Waals surface area contributed by atoms with E-state index in [1.807, 2.05) is 0 Å². The molecule has 22 heavy (non-hydrogen) atoms. The number of nitro groups is 1. The summed E-state index contributed by atoms with van der Waals surface area (Å²) in [5.41, 5.74) is -0.486. The summed E-state index contributed by atoms with van der Waals surface area (Å²) in [6, 6.07) is 3.41. The SMILES string of the molecule is N=C1C=CC(Nc2cc(Cl)c(P)cc2P)=C([N+](=O)[O-])/C1=N/O. The number of hydrogen-bond acceptors (Lipinski definition) is 6. The van der Waals surface area contributed by atoms with Crippen molar-refractivity contribution in [1.29, 1.82) is 5.41 Å². The van der Waals surface area contributed by atoms with Crippen LogP contribution in [0.3, 0.4) is 0 Å². The van der Waals surface area contributed by atoms with Gasteiger partial charge in [-0.05, 0) is 34.9 Å². The highest BCUT2D eigenvalue weighted by atomic mass is 35.5. The second-order valence-corrected chi connectivity index (χ2v) is 5.95. The Labute approximate surface area is 135 Å². The first-order valence-electron chi connectivity index (χ1n) is 5.84. The zero-order valence-electron chi connectivity index (χ0n) is 11.0. The Morgan fingerprint density at radius 2 is 2.00 bits per heavy atom. The van der Waals surface area contributed by atoms with Crippen molar-refractivity contribution in [2.24, 2.45) is 5.16 Å². The molecule has 0 saturated carbocycles. The van der Waals surface area contributed by atoms with Gasteiger partial charge in [0.1, 0.15) is 5.70 Å². The molecule has 10 heteroatoms. The first-order valence-corrected chi connectivity index (χ1v) is 7.38. The van der Waals surface area contributed by atoms with E-state index in [0.717, 1.165) is 10.6 Å². The molecule has 1 aliphatic carbocycles. The van der Waals surface area contributed by atoms with Gasteiger partial charge in [0.05, 0.1) is 10.6 Å². The molecule has 0 fully saturated rings. The molecule has 1 aliphatic rings. The molecule has 0 amide bonds. The van der Waals surface area contributed by atoms with Gasteiger partial charge >= 0.3 is 5.70 Å². The van der Waals surface area contributed by atoms with Crippen LogP contribution in [0.5, 0.6) is 0 Å². The first-order chi connectivity index (χ1) is 10.3. The zero-order chi connectivity index (χ0) is 16.4. The Morgan fingerprint density at radius 3 is 2.59 bits per heavy atom. The standard InChI is InChI=1S/C12H11ClN4O3P2/c13-5-3-8(10(22)4-9(5)21)15-7-2-1-6(14)11(16-18)12(7)17(19)20/h1-4,14-15,18H,21-22H2/b14-6?,16-11+. The third kappa shape index (κ3) is 3.17. The molecule has 0 aromatic heterocycles. The highest BCUT2D eigenvalue weighted by molar-refractivity contribution is 7.30. The molecule has 2 rings (SSSR count). The molecule has 0 saturated heterocycles. The molecular formula is C12H11ClN4O3P2. The smallest absolute Gasteiger partial charge is 0.323 e. The summed E-state index contributed by atoms with van der Waals surface area (Å²) in [4.78, 5) is 10.5. The van der Waals surface area contributed by atoms with Crippen LogP contribution in [0.2, 0.25) is 5.02 Å². The number of rotatable bonds is 3. The quantitative estimate of drug-likeness (QED) is 0.251. The maximum absolute atomic E-state index is 11.2. The summed E-state index contributed by atoms with van der Waals surface area (Å²) < 4.78 is 0. The van der Waals surface area contributed by atoms with Gasteiger partial charge in [0.2, 0.25) is 5.71 Å². The monoisotopic (exact) mass is 356 g/mol. The molecule has 0 heterocycles. The van der Waals surface area contributed by atoms with Gasteiger partial charge in [0.15, 0.2) is 0 Å². The van der Waals surface area contributed by atoms with E-state index in [1.165, 1.54) is 12.2 Å². The van der Waals surface area contributed by atoms with E-state index in [2.05, 4.69) is 29.0 Å². The van der Waals surface area contributed by atoms with E-state index >= 15 is 0 Å². The number of allylic oxidation sites excluding steroid dienone is 3.